The van der Waals surface area contributed by atoms with Gasteiger partial charge in [0.05, 0.1) is 18.5 Å². The molecule has 0 bridgehead atoms. The maximum Gasteiger partial charge on any atom is 0.135 e. The minimum atomic E-state index is 0.436. The van der Waals surface area contributed by atoms with Crippen molar-refractivity contribution in [1.29, 1.82) is 0 Å². The minimum Gasteiger partial charge on any atom is -0.376 e. The van der Waals surface area contributed by atoms with Gasteiger partial charge in [0.1, 0.15) is 10.5 Å². The normalized spacial score (nSPS) is 30.9. The molecule has 3 nitrogen and oxygen atoms in total. The van der Waals surface area contributed by atoms with Crippen LogP contribution in [0.3, 0.4) is 0 Å². The van der Waals surface area contributed by atoms with Crippen LogP contribution in [0.25, 0.3) is 0 Å². The van der Waals surface area contributed by atoms with Crippen LogP contribution >= 0.6 is 35.7 Å². The van der Waals surface area contributed by atoms with E-state index >= 15 is 0 Å². The van der Waals surface area contributed by atoms with Crippen LogP contribution in [-0.2, 0) is 17.8 Å². The molecule has 1 saturated heterocycles. The molecule has 1 fully saturated rings. The summed E-state index contributed by atoms with van der Waals surface area (Å²) in [5.74, 6) is 2.17. The first-order chi connectivity index (χ1) is 9.15. The summed E-state index contributed by atoms with van der Waals surface area (Å²) in [5.41, 5.74) is 2.32. The van der Waals surface area contributed by atoms with Crippen molar-refractivity contribution in [2.45, 2.75) is 42.6 Å². The third kappa shape index (κ3) is 2.86. The molecular weight excluding hydrogens is 296 g/mol. The molecule has 2 aliphatic rings. The number of hydrogen-bond acceptors (Lipinski definition) is 5. The Bertz CT molecular complexity index is 531. The van der Waals surface area contributed by atoms with E-state index in [1.807, 2.05) is 23.5 Å². The highest BCUT2D eigenvalue weighted by molar-refractivity contribution is 8.07. The van der Waals surface area contributed by atoms with Crippen molar-refractivity contribution in [2.24, 2.45) is 0 Å². The third-order valence-corrected chi connectivity index (χ3v) is 7.46. The van der Waals surface area contributed by atoms with E-state index in [1.54, 1.807) is 0 Å². The van der Waals surface area contributed by atoms with Gasteiger partial charge in [0.15, 0.2) is 0 Å². The van der Waals surface area contributed by atoms with E-state index in [0.29, 0.717) is 17.1 Å². The summed E-state index contributed by atoms with van der Waals surface area (Å²) in [6.45, 7) is 5.99. The third-order valence-electron chi connectivity index (χ3n) is 3.72. The summed E-state index contributed by atoms with van der Waals surface area (Å²) in [7, 11) is 0. The smallest absolute Gasteiger partial charge is 0.135 e. The first-order valence-corrected chi connectivity index (χ1v) is 9.02. The second kappa shape index (κ2) is 5.76. The van der Waals surface area contributed by atoms with Crippen molar-refractivity contribution in [1.82, 2.24) is 9.97 Å². The van der Waals surface area contributed by atoms with Gasteiger partial charge in [0, 0.05) is 33.9 Å². The van der Waals surface area contributed by atoms with Crippen molar-refractivity contribution in [3.05, 3.63) is 21.7 Å². The lowest BCUT2D eigenvalue weighted by molar-refractivity contribution is 0.108. The first kappa shape index (κ1) is 13.9. The van der Waals surface area contributed by atoms with E-state index in [-0.39, 0.29) is 0 Å². The molecule has 0 spiro atoms. The zero-order valence-electron chi connectivity index (χ0n) is 11.1. The highest BCUT2D eigenvalue weighted by Crippen LogP contribution is 2.43. The Hall–Kier alpha value is -0.0400. The van der Waals surface area contributed by atoms with Crippen LogP contribution < -0.4 is 0 Å². The topological polar surface area (TPSA) is 37.9 Å². The zero-order chi connectivity index (χ0) is 13.4. The number of nitrogens with one attached hydrogen (secondary N) is 1. The molecule has 1 aromatic rings. The molecule has 1 N–H and O–H groups in total. The average molecular weight is 315 g/mol. The van der Waals surface area contributed by atoms with E-state index in [9.17, 15) is 0 Å². The predicted molar refractivity (Wildman–Crippen MR) is 84.5 cm³/mol. The van der Waals surface area contributed by atoms with Gasteiger partial charge in [-0.15, -0.1) is 11.8 Å². The zero-order valence-corrected chi connectivity index (χ0v) is 13.6. The predicted octanol–water partition coefficient (Wildman–Crippen LogP) is 3.51. The summed E-state index contributed by atoms with van der Waals surface area (Å²) in [6.07, 6.45) is 0.922. The van der Waals surface area contributed by atoms with Crippen LogP contribution in [0, 0.1) is 4.64 Å². The lowest BCUT2D eigenvalue weighted by atomic mass is 10.1. The number of aromatic nitrogens is 2. The number of H-pyrrole nitrogens is 1. The molecule has 3 heterocycles. The number of hydrogen-bond donors (Lipinski definition) is 1. The van der Waals surface area contributed by atoms with Gasteiger partial charge in [0.25, 0.3) is 0 Å². The SMILES string of the molecule is CC1SCC(c2nc(=S)c3c([nH]2)CCOC3)SC1C. The fourth-order valence-electron chi connectivity index (χ4n) is 2.35. The number of thioether (sulfide) groups is 2. The summed E-state index contributed by atoms with van der Waals surface area (Å²) in [6, 6.07) is 0. The van der Waals surface area contributed by atoms with Gasteiger partial charge in [-0.3, -0.25) is 0 Å². The summed E-state index contributed by atoms with van der Waals surface area (Å²) < 4.78 is 6.18. The van der Waals surface area contributed by atoms with E-state index in [1.165, 1.54) is 5.69 Å². The van der Waals surface area contributed by atoms with E-state index in [2.05, 4.69) is 23.8 Å². The fraction of sp³-hybridized carbons (Fsp3) is 0.692. The summed E-state index contributed by atoms with van der Waals surface area (Å²) >= 11 is 9.47. The Morgan fingerprint density at radius 3 is 3.00 bits per heavy atom. The van der Waals surface area contributed by atoms with Crippen LogP contribution in [0.4, 0.5) is 0 Å². The number of ether oxygens (including phenoxy) is 1. The van der Waals surface area contributed by atoms with Crippen molar-refractivity contribution >= 4 is 35.7 Å². The van der Waals surface area contributed by atoms with Gasteiger partial charge in [-0.1, -0.05) is 26.1 Å². The number of fused-ring (bicyclic) bond motifs is 1. The van der Waals surface area contributed by atoms with Crippen molar-refractivity contribution in [3.63, 3.8) is 0 Å². The second-order valence-corrected chi connectivity index (χ2v) is 8.44. The van der Waals surface area contributed by atoms with Crippen LogP contribution in [0.1, 0.15) is 36.2 Å². The van der Waals surface area contributed by atoms with E-state index in [0.717, 1.165) is 40.1 Å². The Kier molecular flexibility index (Phi) is 4.22. The maximum atomic E-state index is 5.46. The molecule has 0 amide bonds. The maximum absolute atomic E-state index is 5.46. The van der Waals surface area contributed by atoms with Crippen molar-refractivity contribution < 1.29 is 4.74 Å². The standard InChI is InChI=1S/C13H18N2OS3/c1-7-8(2)19-11(6-18-7)12-14-10-3-4-16-5-9(10)13(17)15-12/h7-8,11H,3-6H2,1-2H3,(H,14,15,17). The average Bonchev–Trinajstić information content (AvgIpc) is 2.42. The molecule has 0 aromatic carbocycles. The number of aromatic amines is 1. The fourth-order valence-corrected chi connectivity index (χ4v) is 5.50. The molecule has 3 atom stereocenters. The number of rotatable bonds is 1. The van der Waals surface area contributed by atoms with Crippen molar-refractivity contribution in [2.75, 3.05) is 12.4 Å². The minimum absolute atomic E-state index is 0.436. The first-order valence-electron chi connectivity index (χ1n) is 6.62. The largest absolute Gasteiger partial charge is 0.376 e. The lowest BCUT2D eigenvalue weighted by Gasteiger charge is -2.31. The van der Waals surface area contributed by atoms with Crippen LogP contribution in [-0.4, -0.2) is 32.8 Å². The highest BCUT2D eigenvalue weighted by Gasteiger charge is 2.29. The Morgan fingerprint density at radius 1 is 1.37 bits per heavy atom. The van der Waals surface area contributed by atoms with Gasteiger partial charge in [-0.2, -0.15) is 11.8 Å². The van der Waals surface area contributed by atoms with Gasteiger partial charge in [-0.25, -0.2) is 4.98 Å². The monoisotopic (exact) mass is 314 g/mol. The van der Waals surface area contributed by atoms with Crippen LogP contribution in [0.5, 0.6) is 0 Å². The molecule has 104 valence electrons. The number of nitrogens with zero attached hydrogens (tertiary/aromatic N) is 1. The Morgan fingerprint density at radius 2 is 2.21 bits per heavy atom. The van der Waals surface area contributed by atoms with E-state index < -0.39 is 0 Å². The molecule has 19 heavy (non-hydrogen) atoms. The van der Waals surface area contributed by atoms with Gasteiger partial charge >= 0.3 is 0 Å². The molecule has 0 aliphatic carbocycles. The molecule has 3 unspecified atom stereocenters. The molecule has 0 radical (unpaired) electrons. The van der Waals surface area contributed by atoms with Crippen LogP contribution in [0.15, 0.2) is 0 Å². The summed E-state index contributed by atoms with van der Waals surface area (Å²) in [5, 5.41) is 1.81. The van der Waals surface area contributed by atoms with Crippen molar-refractivity contribution in [3.8, 4) is 0 Å². The van der Waals surface area contributed by atoms with E-state index in [4.69, 9.17) is 17.0 Å². The van der Waals surface area contributed by atoms with Crippen LogP contribution in [0.2, 0.25) is 0 Å². The van der Waals surface area contributed by atoms with Gasteiger partial charge in [-0.05, 0) is 0 Å². The molecule has 2 aliphatic heterocycles. The van der Waals surface area contributed by atoms with Gasteiger partial charge in [0.2, 0.25) is 0 Å². The molecule has 3 rings (SSSR count). The molecular formula is C13H18N2OS3. The Balaban J connectivity index is 1.89. The Labute approximate surface area is 127 Å². The highest BCUT2D eigenvalue weighted by atomic mass is 32.2. The lowest BCUT2D eigenvalue weighted by Crippen LogP contribution is -2.24. The molecule has 1 aromatic heterocycles. The molecule has 6 heteroatoms. The molecule has 0 saturated carbocycles. The second-order valence-electron chi connectivity index (χ2n) is 5.06. The quantitative estimate of drug-likeness (QED) is 0.803. The summed E-state index contributed by atoms with van der Waals surface area (Å²) in [4.78, 5) is 8.13. The van der Waals surface area contributed by atoms with Gasteiger partial charge < -0.3 is 9.72 Å².